The van der Waals surface area contributed by atoms with E-state index in [4.69, 9.17) is 10.5 Å². The quantitative estimate of drug-likeness (QED) is 0.609. The van der Waals surface area contributed by atoms with Gasteiger partial charge >= 0.3 is 0 Å². The topological polar surface area (TPSA) is 102 Å². The molecule has 6 nitrogen and oxygen atoms in total. The molecule has 0 heterocycles. The number of ether oxygens (including phenoxy) is 1. The van der Waals surface area contributed by atoms with Crippen molar-refractivity contribution >= 4 is 26.5 Å². The van der Waals surface area contributed by atoms with E-state index in [0.29, 0.717) is 22.0 Å². The van der Waals surface area contributed by atoms with Gasteiger partial charge in [-0.05, 0) is 29.8 Å². The minimum absolute atomic E-state index is 0.00126. The van der Waals surface area contributed by atoms with Crippen molar-refractivity contribution in [1.82, 2.24) is 4.72 Å². The molecule has 0 fully saturated rings. The molecule has 0 amide bonds. The van der Waals surface area contributed by atoms with Gasteiger partial charge in [0.1, 0.15) is 0 Å². The zero-order valence-electron chi connectivity index (χ0n) is 13.6. The normalized spacial score (nSPS) is 11.6. The fourth-order valence-corrected chi connectivity index (χ4v) is 3.87. The van der Waals surface area contributed by atoms with Crippen LogP contribution in [0.3, 0.4) is 0 Å². The highest BCUT2D eigenvalue weighted by Gasteiger charge is 2.17. The molecular formula is C18H18N2O4S. The largest absolute Gasteiger partial charge is 0.504 e. The molecule has 3 aromatic carbocycles. The number of hydrogen-bond acceptors (Lipinski definition) is 5. The standard InChI is InChI=1S/C18H18N2O4S/c1-24-17-10-12(8-9-16(17)21)11-20-25(22,23)18-7-3-4-13-14(18)5-2-6-15(13)19/h2-10,20-21H,11,19H2,1H3. The number of hydrogen-bond donors (Lipinski definition) is 3. The SMILES string of the molecule is COc1cc(CNS(=O)(=O)c2cccc3c(N)cccc23)ccc1O. The van der Waals surface area contributed by atoms with Crippen LogP contribution < -0.4 is 15.2 Å². The molecule has 3 aromatic rings. The Balaban J connectivity index is 1.92. The van der Waals surface area contributed by atoms with Crippen LogP contribution in [0.1, 0.15) is 5.56 Å². The first kappa shape index (κ1) is 17.1. The predicted molar refractivity (Wildman–Crippen MR) is 97.0 cm³/mol. The van der Waals surface area contributed by atoms with E-state index in [9.17, 15) is 13.5 Å². The monoisotopic (exact) mass is 358 g/mol. The second-order valence-electron chi connectivity index (χ2n) is 5.53. The Kier molecular flexibility index (Phi) is 4.52. The van der Waals surface area contributed by atoms with E-state index >= 15 is 0 Å². The van der Waals surface area contributed by atoms with Crippen molar-refractivity contribution in [3.8, 4) is 11.5 Å². The number of sulfonamides is 1. The zero-order chi connectivity index (χ0) is 18.0. The fraction of sp³-hybridized carbons (Fsp3) is 0.111. The summed E-state index contributed by atoms with van der Waals surface area (Å²) in [6.45, 7) is 0.0671. The van der Waals surface area contributed by atoms with Crippen molar-refractivity contribution in [2.75, 3.05) is 12.8 Å². The molecule has 7 heteroatoms. The number of nitrogens with two attached hydrogens (primary N) is 1. The van der Waals surface area contributed by atoms with Crippen LogP contribution in [0, 0.1) is 0 Å². The molecule has 0 atom stereocenters. The van der Waals surface area contributed by atoms with Gasteiger partial charge in [-0.2, -0.15) is 0 Å². The van der Waals surface area contributed by atoms with Crippen LogP contribution in [-0.4, -0.2) is 20.6 Å². The molecule has 0 radical (unpaired) electrons. The lowest BCUT2D eigenvalue weighted by molar-refractivity contribution is 0.373. The van der Waals surface area contributed by atoms with Crippen molar-refractivity contribution < 1.29 is 18.3 Å². The van der Waals surface area contributed by atoms with Gasteiger partial charge in [0.25, 0.3) is 0 Å². The highest BCUT2D eigenvalue weighted by Crippen LogP contribution is 2.28. The van der Waals surface area contributed by atoms with Crippen LogP contribution in [0.25, 0.3) is 10.8 Å². The molecule has 0 saturated heterocycles. The van der Waals surface area contributed by atoms with Crippen LogP contribution in [0.15, 0.2) is 59.5 Å². The number of nitrogens with one attached hydrogen (secondary N) is 1. The molecule has 0 aliphatic heterocycles. The number of methoxy groups -OCH3 is 1. The summed E-state index contributed by atoms with van der Waals surface area (Å²) in [5.74, 6) is 0.285. The van der Waals surface area contributed by atoms with Crippen molar-refractivity contribution in [2.24, 2.45) is 0 Å². The van der Waals surface area contributed by atoms with Crippen LogP contribution in [0.4, 0.5) is 5.69 Å². The Hall–Kier alpha value is -2.77. The summed E-state index contributed by atoms with van der Waals surface area (Å²) in [5, 5.41) is 10.9. The summed E-state index contributed by atoms with van der Waals surface area (Å²) in [4.78, 5) is 0.169. The van der Waals surface area contributed by atoms with Gasteiger partial charge in [0.05, 0.1) is 12.0 Å². The minimum atomic E-state index is -3.74. The highest BCUT2D eigenvalue weighted by atomic mass is 32.2. The Morgan fingerprint density at radius 1 is 1.08 bits per heavy atom. The molecule has 0 aliphatic rings. The average Bonchev–Trinajstić information content (AvgIpc) is 2.61. The van der Waals surface area contributed by atoms with Gasteiger partial charge in [0.15, 0.2) is 11.5 Å². The van der Waals surface area contributed by atoms with E-state index in [1.807, 2.05) is 0 Å². The first-order valence-corrected chi connectivity index (χ1v) is 9.03. The lowest BCUT2D eigenvalue weighted by Crippen LogP contribution is -2.23. The predicted octanol–water partition coefficient (Wildman–Crippen LogP) is 2.61. The van der Waals surface area contributed by atoms with Crippen molar-refractivity contribution in [1.29, 1.82) is 0 Å². The lowest BCUT2D eigenvalue weighted by Gasteiger charge is -2.11. The van der Waals surface area contributed by atoms with E-state index in [1.54, 1.807) is 48.5 Å². The first-order valence-electron chi connectivity index (χ1n) is 7.55. The van der Waals surface area contributed by atoms with E-state index < -0.39 is 10.0 Å². The summed E-state index contributed by atoms with van der Waals surface area (Å²) in [5.41, 5.74) is 7.12. The smallest absolute Gasteiger partial charge is 0.241 e. The summed E-state index contributed by atoms with van der Waals surface area (Å²) < 4.78 is 33.0. The summed E-state index contributed by atoms with van der Waals surface area (Å²) >= 11 is 0. The maximum absolute atomic E-state index is 12.7. The van der Waals surface area contributed by atoms with Crippen molar-refractivity contribution in [3.63, 3.8) is 0 Å². The fourth-order valence-electron chi connectivity index (χ4n) is 2.63. The maximum atomic E-state index is 12.7. The van der Waals surface area contributed by atoms with Crippen LogP contribution in [0.5, 0.6) is 11.5 Å². The molecular weight excluding hydrogens is 340 g/mol. The Morgan fingerprint density at radius 2 is 1.80 bits per heavy atom. The van der Waals surface area contributed by atoms with E-state index in [-0.39, 0.29) is 22.9 Å². The third kappa shape index (κ3) is 3.38. The molecule has 25 heavy (non-hydrogen) atoms. The number of fused-ring (bicyclic) bond motifs is 1. The summed E-state index contributed by atoms with van der Waals surface area (Å²) in [6, 6.07) is 14.8. The molecule has 130 valence electrons. The van der Waals surface area contributed by atoms with Crippen molar-refractivity contribution in [3.05, 3.63) is 60.2 Å². The minimum Gasteiger partial charge on any atom is -0.504 e. The van der Waals surface area contributed by atoms with Gasteiger partial charge in [-0.3, -0.25) is 0 Å². The number of rotatable bonds is 5. The van der Waals surface area contributed by atoms with Gasteiger partial charge in [-0.15, -0.1) is 0 Å². The van der Waals surface area contributed by atoms with Gasteiger partial charge in [-0.1, -0.05) is 30.3 Å². The molecule has 3 rings (SSSR count). The maximum Gasteiger partial charge on any atom is 0.241 e. The number of benzene rings is 3. The van der Waals surface area contributed by atoms with Crippen LogP contribution in [0.2, 0.25) is 0 Å². The van der Waals surface area contributed by atoms with E-state index in [0.717, 1.165) is 0 Å². The molecule has 0 bridgehead atoms. The molecule has 0 saturated carbocycles. The molecule has 0 aliphatic carbocycles. The first-order chi connectivity index (χ1) is 11.9. The molecule has 0 unspecified atom stereocenters. The molecule has 4 N–H and O–H groups in total. The third-order valence-corrected chi connectivity index (χ3v) is 5.38. The number of nitrogen functional groups attached to an aromatic ring is 1. The molecule has 0 spiro atoms. The summed E-state index contributed by atoms with van der Waals surface area (Å²) in [7, 11) is -2.31. The van der Waals surface area contributed by atoms with E-state index in [2.05, 4.69) is 4.72 Å². The number of phenols is 1. The zero-order valence-corrected chi connectivity index (χ0v) is 14.4. The van der Waals surface area contributed by atoms with E-state index in [1.165, 1.54) is 13.2 Å². The van der Waals surface area contributed by atoms with Gasteiger partial charge in [-0.25, -0.2) is 13.1 Å². The number of phenolic OH excluding ortho intramolecular Hbond substituents is 1. The average molecular weight is 358 g/mol. The summed E-state index contributed by atoms with van der Waals surface area (Å²) in [6.07, 6.45) is 0. The van der Waals surface area contributed by atoms with Gasteiger partial charge in [0.2, 0.25) is 10.0 Å². The molecule has 0 aromatic heterocycles. The third-order valence-electron chi connectivity index (χ3n) is 3.92. The van der Waals surface area contributed by atoms with Gasteiger partial charge in [0, 0.05) is 23.0 Å². The van der Waals surface area contributed by atoms with Crippen LogP contribution >= 0.6 is 0 Å². The number of aromatic hydroxyl groups is 1. The Labute approximate surface area is 145 Å². The Morgan fingerprint density at radius 3 is 2.56 bits per heavy atom. The Bertz CT molecular complexity index is 1030. The lowest BCUT2D eigenvalue weighted by atomic mass is 10.1. The highest BCUT2D eigenvalue weighted by molar-refractivity contribution is 7.89. The van der Waals surface area contributed by atoms with Crippen LogP contribution in [-0.2, 0) is 16.6 Å². The number of anilines is 1. The van der Waals surface area contributed by atoms with Crippen molar-refractivity contribution in [2.45, 2.75) is 11.4 Å². The second kappa shape index (κ2) is 6.62. The second-order valence-corrected chi connectivity index (χ2v) is 7.26. The van der Waals surface area contributed by atoms with Gasteiger partial charge < -0.3 is 15.6 Å².